The number of hydrogen-bond donors (Lipinski definition) is 1. The number of hydrogen-bond acceptors (Lipinski definition) is 5. The van der Waals surface area contributed by atoms with E-state index < -0.39 is 0 Å². The molecule has 0 aromatic carbocycles. The highest BCUT2D eigenvalue weighted by Gasteiger charge is 2.11. The molecular weight excluding hydrogens is 336 g/mol. The van der Waals surface area contributed by atoms with Crippen molar-refractivity contribution in [3.8, 4) is 5.88 Å². The van der Waals surface area contributed by atoms with Gasteiger partial charge in [-0.3, -0.25) is 4.98 Å². The van der Waals surface area contributed by atoms with Crippen molar-refractivity contribution in [2.75, 3.05) is 11.9 Å². The maximum absolute atomic E-state index is 5.86. The highest BCUT2D eigenvalue weighted by Crippen LogP contribution is 2.24. The second-order valence-corrected chi connectivity index (χ2v) is 8.11. The van der Waals surface area contributed by atoms with Crippen LogP contribution >= 0.6 is 0 Å². The van der Waals surface area contributed by atoms with E-state index in [0.29, 0.717) is 36.3 Å². The molecule has 2 heterocycles. The lowest BCUT2D eigenvalue weighted by Gasteiger charge is -2.17. The number of nitrogens with zero attached hydrogens (tertiary/aromatic N) is 3. The van der Waals surface area contributed by atoms with Crippen molar-refractivity contribution in [1.29, 1.82) is 0 Å². The van der Waals surface area contributed by atoms with Crippen LogP contribution in [-0.2, 0) is 0 Å². The topological polar surface area (TPSA) is 59.9 Å². The van der Waals surface area contributed by atoms with Gasteiger partial charge in [-0.15, -0.1) is 0 Å². The van der Waals surface area contributed by atoms with Gasteiger partial charge >= 0.3 is 0 Å². The highest BCUT2D eigenvalue weighted by atomic mass is 16.5. The second-order valence-electron chi connectivity index (χ2n) is 8.11. The lowest BCUT2D eigenvalue weighted by Crippen LogP contribution is -2.12. The van der Waals surface area contributed by atoms with Crippen LogP contribution in [0.4, 0.5) is 5.82 Å². The van der Waals surface area contributed by atoms with Crippen molar-refractivity contribution in [1.82, 2.24) is 15.0 Å². The zero-order chi connectivity index (χ0) is 19.8. The molecule has 27 heavy (non-hydrogen) atoms. The Hall–Kier alpha value is -2.17. The first-order valence-corrected chi connectivity index (χ1v) is 10.0. The van der Waals surface area contributed by atoms with Crippen molar-refractivity contribution in [3.63, 3.8) is 0 Å². The summed E-state index contributed by atoms with van der Waals surface area (Å²) in [6.07, 6.45) is 7.70. The van der Waals surface area contributed by atoms with Crippen LogP contribution in [0.25, 0.3) is 0 Å². The number of anilines is 1. The first kappa shape index (κ1) is 21.1. The molecule has 2 aromatic rings. The van der Waals surface area contributed by atoms with Gasteiger partial charge in [0.2, 0.25) is 5.88 Å². The molecule has 0 bridgehead atoms. The lowest BCUT2D eigenvalue weighted by molar-refractivity contribution is 0.238. The van der Waals surface area contributed by atoms with Crippen LogP contribution in [0.5, 0.6) is 5.88 Å². The Morgan fingerprint density at radius 3 is 2.37 bits per heavy atom. The van der Waals surface area contributed by atoms with Gasteiger partial charge in [-0.2, -0.15) is 0 Å². The van der Waals surface area contributed by atoms with E-state index in [9.17, 15) is 0 Å². The lowest BCUT2D eigenvalue weighted by atomic mass is 9.93. The van der Waals surface area contributed by atoms with E-state index in [1.807, 2.05) is 6.20 Å². The molecule has 0 aliphatic carbocycles. The molecule has 0 aliphatic rings. The Morgan fingerprint density at radius 1 is 0.963 bits per heavy atom. The Bertz CT molecular complexity index is 685. The molecule has 0 spiro atoms. The first-order chi connectivity index (χ1) is 12.8. The van der Waals surface area contributed by atoms with E-state index >= 15 is 0 Å². The SMILES string of the molecule is CC(CCC(C)c1ccc(NC(C)C)nc1)COc1cncc(C(C)C)n1. The fourth-order valence-electron chi connectivity index (χ4n) is 2.80. The third kappa shape index (κ3) is 7.16. The van der Waals surface area contributed by atoms with Crippen LogP contribution in [0.1, 0.15) is 77.5 Å². The summed E-state index contributed by atoms with van der Waals surface area (Å²) in [5, 5.41) is 3.33. The maximum atomic E-state index is 5.86. The van der Waals surface area contributed by atoms with Gasteiger partial charge in [0.15, 0.2) is 0 Å². The Labute approximate surface area is 164 Å². The van der Waals surface area contributed by atoms with Gasteiger partial charge in [-0.1, -0.05) is 33.8 Å². The van der Waals surface area contributed by atoms with Crippen molar-refractivity contribution in [2.45, 2.75) is 72.3 Å². The summed E-state index contributed by atoms with van der Waals surface area (Å²) in [6, 6.07) is 4.64. The van der Waals surface area contributed by atoms with Gasteiger partial charge in [0.05, 0.1) is 18.5 Å². The standard InChI is InChI=1S/C22H34N4O/c1-15(2)20-12-23-13-22(26-20)27-14-17(5)7-8-18(6)19-9-10-21(24-11-19)25-16(3)4/h9-13,15-18H,7-8,14H2,1-6H3,(H,24,25). The molecule has 2 unspecified atom stereocenters. The van der Waals surface area contributed by atoms with Gasteiger partial charge in [-0.25, -0.2) is 9.97 Å². The number of ether oxygens (including phenoxy) is 1. The largest absolute Gasteiger partial charge is 0.476 e. The normalized spacial score (nSPS) is 13.6. The molecule has 0 fully saturated rings. The summed E-state index contributed by atoms with van der Waals surface area (Å²) in [4.78, 5) is 13.3. The average molecular weight is 371 g/mol. The fraction of sp³-hybridized carbons (Fsp3) is 0.591. The van der Waals surface area contributed by atoms with E-state index in [1.54, 1.807) is 12.4 Å². The van der Waals surface area contributed by atoms with E-state index in [-0.39, 0.29) is 0 Å². The third-order valence-corrected chi connectivity index (χ3v) is 4.62. The minimum Gasteiger partial charge on any atom is -0.476 e. The van der Waals surface area contributed by atoms with Gasteiger partial charge < -0.3 is 10.1 Å². The quantitative estimate of drug-likeness (QED) is 0.605. The van der Waals surface area contributed by atoms with Crippen molar-refractivity contribution < 1.29 is 4.74 Å². The number of aromatic nitrogens is 3. The average Bonchev–Trinajstić information content (AvgIpc) is 2.64. The van der Waals surface area contributed by atoms with Crippen LogP contribution in [0.15, 0.2) is 30.7 Å². The summed E-state index contributed by atoms with van der Waals surface area (Å²) in [7, 11) is 0. The molecule has 2 atom stereocenters. The maximum Gasteiger partial charge on any atom is 0.232 e. The van der Waals surface area contributed by atoms with Gasteiger partial charge in [0.25, 0.3) is 0 Å². The van der Waals surface area contributed by atoms with E-state index in [0.717, 1.165) is 24.4 Å². The summed E-state index contributed by atoms with van der Waals surface area (Å²) in [6.45, 7) is 13.6. The van der Waals surface area contributed by atoms with Crippen LogP contribution in [0.3, 0.4) is 0 Å². The van der Waals surface area contributed by atoms with E-state index in [1.165, 1.54) is 5.56 Å². The Balaban J connectivity index is 1.77. The molecule has 2 rings (SSSR count). The monoisotopic (exact) mass is 370 g/mol. The fourth-order valence-corrected chi connectivity index (χ4v) is 2.80. The summed E-state index contributed by atoms with van der Waals surface area (Å²) >= 11 is 0. The number of pyridine rings is 1. The molecule has 1 N–H and O–H groups in total. The van der Waals surface area contributed by atoms with E-state index in [2.05, 4.69) is 73.9 Å². The first-order valence-electron chi connectivity index (χ1n) is 10.0. The molecule has 5 heteroatoms. The summed E-state index contributed by atoms with van der Waals surface area (Å²) in [5.74, 6) is 2.87. The summed E-state index contributed by atoms with van der Waals surface area (Å²) < 4.78 is 5.86. The smallest absolute Gasteiger partial charge is 0.232 e. The van der Waals surface area contributed by atoms with Crippen molar-refractivity contribution in [3.05, 3.63) is 42.0 Å². The highest BCUT2D eigenvalue weighted by molar-refractivity contribution is 5.36. The van der Waals surface area contributed by atoms with Gasteiger partial charge in [0, 0.05) is 18.4 Å². The van der Waals surface area contributed by atoms with Crippen LogP contribution in [0.2, 0.25) is 0 Å². The van der Waals surface area contributed by atoms with Crippen molar-refractivity contribution in [2.24, 2.45) is 5.92 Å². The zero-order valence-corrected chi connectivity index (χ0v) is 17.6. The molecular formula is C22H34N4O. The molecule has 0 saturated carbocycles. The predicted octanol–water partition coefficient (Wildman–Crippen LogP) is 5.41. The molecule has 2 aromatic heterocycles. The van der Waals surface area contributed by atoms with Crippen LogP contribution in [0, 0.1) is 5.92 Å². The van der Waals surface area contributed by atoms with Gasteiger partial charge in [0.1, 0.15) is 5.82 Å². The number of rotatable bonds is 10. The summed E-state index contributed by atoms with van der Waals surface area (Å²) in [5.41, 5.74) is 2.25. The predicted molar refractivity (Wildman–Crippen MR) is 111 cm³/mol. The Kier molecular flexibility index (Phi) is 8.01. The minimum absolute atomic E-state index is 0.357. The van der Waals surface area contributed by atoms with Crippen molar-refractivity contribution >= 4 is 5.82 Å². The molecule has 0 amide bonds. The van der Waals surface area contributed by atoms with Gasteiger partial charge in [-0.05, 0) is 56.1 Å². The number of nitrogens with one attached hydrogen (secondary N) is 1. The third-order valence-electron chi connectivity index (χ3n) is 4.62. The molecule has 0 radical (unpaired) electrons. The molecule has 0 saturated heterocycles. The molecule has 5 nitrogen and oxygen atoms in total. The minimum atomic E-state index is 0.357. The Morgan fingerprint density at radius 2 is 1.74 bits per heavy atom. The second kappa shape index (κ2) is 10.2. The molecule has 148 valence electrons. The van der Waals surface area contributed by atoms with Crippen LogP contribution in [-0.4, -0.2) is 27.6 Å². The van der Waals surface area contributed by atoms with Crippen LogP contribution < -0.4 is 10.1 Å². The van der Waals surface area contributed by atoms with E-state index in [4.69, 9.17) is 4.74 Å². The zero-order valence-electron chi connectivity index (χ0n) is 17.6. The molecule has 0 aliphatic heterocycles.